The van der Waals surface area contributed by atoms with E-state index in [1.807, 2.05) is 12.1 Å². The Kier molecular flexibility index (Phi) is 3.67. The van der Waals surface area contributed by atoms with Gasteiger partial charge in [-0.1, -0.05) is 11.6 Å². The molecular weight excluding hydrogens is 238 g/mol. The maximum Gasteiger partial charge on any atom is 0.145 e. The second kappa shape index (κ2) is 5.05. The molecule has 1 unspecified atom stereocenters. The number of anilines is 1. The van der Waals surface area contributed by atoms with Crippen molar-refractivity contribution in [3.05, 3.63) is 17.2 Å². The number of hydrogen-bond donors (Lipinski definition) is 1. The van der Waals surface area contributed by atoms with Gasteiger partial charge in [0.1, 0.15) is 11.5 Å². The topological polar surface area (TPSA) is 30.5 Å². The summed E-state index contributed by atoms with van der Waals surface area (Å²) in [6.45, 7) is 2.19. The highest BCUT2D eigenvalue weighted by Crippen LogP contribution is 2.39. The molecule has 17 heavy (non-hydrogen) atoms. The first-order valence-electron chi connectivity index (χ1n) is 5.83. The molecule has 0 heterocycles. The average molecular weight is 256 g/mol. The molecule has 1 aliphatic carbocycles. The SMILES string of the molecule is COc1cc(OC)c(NC(C)C2CC2)cc1Cl. The van der Waals surface area contributed by atoms with Crippen LogP contribution < -0.4 is 14.8 Å². The Bertz CT molecular complexity index is 405. The summed E-state index contributed by atoms with van der Waals surface area (Å²) < 4.78 is 10.5. The van der Waals surface area contributed by atoms with E-state index in [0.717, 1.165) is 17.4 Å². The third kappa shape index (κ3) is 2.78. The molecule has 0 aromatic heterocycles. The highest BCUT2D eigenvalue weighted by Gasteiger charge is 2.28. The monoisotopic (exact) mass is 255 g/mol. The molecule has 2 rings (SSSR count). The minimum absolute atomic E-state index is 0.452. The van der Waals surface area contributed by atoms with Crippen LogP contribution in [0, 0.1) is 5.92 Å². The molecule has 0 radical (unpaired) electrons. The van der Waals surface area contributed by atoms with Crippen molar-refractivity contribution in [2.75, 3.05) is 19.5 Å². The zero-order chi connectivity index (χ0) is 12.4. The van der Waals surface area contributed by atoms with Crippen molar-refractivity contribution in [1.29, 1.82) is 0 Å². The zero-order valence-corrected chi connectivity index (χ0v) is 11.2. The largest absolute Gasteiger partial charge is 0.495 e. The van der Waals surface area contributed by atoms with E-state index >= 15 is 0 Å². The first-order valence-corrected chi connectivity index (χ1v) is 6.21. The molecule has 1 atom stereocenters. The lowest BCUT2D eigenvalue weighted by molar-refractivity contribution is 0.395. The summed E-state index contributed by atoms with van der Waals surface area (Å²) in [7, 11) is 3.25. The number of nitrogens with one attached hydrogen (secondary N) is 1. The second-order valence-corrected chi connectivity index (χ2v) is 4.86. The summed E-state index contributed by atoms with van der Waals surface area (Å²) in [5, 5.41) is 4.05. The van der Waals surface area contributed by atoms with Gasteiger partial charge in [-0.25, -0.2) is 0 Å². The van der Waals surface area contributed by atoms with E-state index in [1.165, 1.54) is 12.8 Å². The van der Waals surface area contributed by atoms with Crippen LogP contribution in [0.2, 0.25) is 5.02 Å². The Labute approximate surface area is 107 Å². The van der Waals surface area contributed by atoms with Gasteiger partial charge in [0, 0.05) is 12.1 Å². The van der Waals surface area contributed by atoms with Crippen molar-refractivity contribution in [3.63, 3.8) is 0 Å². The van der Waals surface area contributed by atoms with E-state index in [2.05, 4.69) is 12.2 Å². The number of halogens is 1. The lowest BCUT2D eigenvalue weighted by Gasteiger charge is -2.18. The van der Waals surface area contributed by atoms with Gasteiger partial charge >= 0.3 is 0 Å². The smallest absolute Gasteiger partial charge is 0.145 e. The Balaban J connectivity index is 2.21. The third-order valence-electron chi connectivity index (χ3n) is 3.19. The predicted molar refractivity (Wildman–Crippen MR) is 70.4 cm³/mol. The van der Waals surface area contributed by atoms with Crippen molar-refractivity contribution < 1.29 is 9.47 Å². The lowest BCUT2D eigenvalue weighted by atomic mass is 10.2. The van der Waals surface area contributed by atoms with E-state index in [1.54, 1.807) is 14.2 Å². The Morgan fingerprint density at radius 3 is 2.41 bits per heavy atom. The van der Waals surface area contributed by atoms with Crippen LogP contribution in [-0.4, -0.2) is 20.3 Å². The minimum atomic E-state index is 0.452. The molecule has 1 aromatic carbocycles. The molecule has 1 saturated carbocycles. The normalized spacial score (nSPS) is 16.5. The van der Waals surface area contributed by atoms with Gasteiger partial charge in [0.05, 0.1) is 24.9 Å². The van der Waals surface area contributed by atoms with Gasteiger partial charge in [0.2, 0.25) is 0 Å². The predicted octanol–water partition coefficient (Wildman–Crippen LogP) is 3.57. The second-order valence-electron chi connectivity index (χ2n) is 4.46. The van der Waals surface area contributed by atoms with Gasteiger partial charge in [-0.05, 0) is 31.7 Å². The molecule has 3 nitrogen and oxygen atoms in total. The maximum atomic E-state index is 6.12. The van der Waals surface area contributed by atoms with Crippen LogP contribution in [0.15, 0.2) is 12.1 Å². The van der Waals surface area contributed by atoms with Gasteiger partial charge in [0.25, 0.3) is 0 Å². The molecule has 0 spiro atoms. The molecular formula is C13H18ClNO2. The van der Waals surface area contributed by atoms with Crippen molar-refractivity contribution in [2.24, 2.45) is 5.92 Å². The highest BCUT2D eigenvalue weighted by molar-refractivity contribution is 6.32. The Morgan fingerprint density at radius 2 is 1.88 bits per heavy atom. The van der Waals surface area contributed by atoms with E-state index in [-0.39, 0.29) is 0 Å². The van der Waals surface area contributed by atoms with Gasteiger partial charge in [-0.15, -0.1) is 0 Å². The molecule has 0 saturated heterocycles. The van der Waals surface area contributed by atoms with Gasteiger partial charge in [-0.3, -0.25) is 0 Å². The molecule has 1 fully saturated rings. The molecule has 1 aliphatic rings. The first kappa shape index (κ1) is 12.4. The quantitative estimate of drug-likeness (QED) is 0.873. The molecule has 1 aromatic rings. The number of rotatable bonds is 5. The standard InChI is InChI=1S/C13H18ClNO2/c1-8(9-4-5-9)15-11-6-10(14)12(16-2)7-13(11)17-3/h6-9,15H,4-5H2,1-3H3. The summed E-state index contributed by atoms with van der Waals surface area (Å²) in [5.74, 6) is 2.17. The molecule has 0 aliphatic heterocycles. The van der Waals surface area contributed by atoms with E-state index in [4.69, 9.17) is 21.1 Å². The van der Waals surface area contributed by atoms with Crippen LogP contribution in [0.25, 0.3) is 0 Å². The van der Waals surface area contributed by atoms with E-state index < -0.39 is 0 Å². The lowest BCUT2D eigenvalue weighted by Crippen LogP contribution is -2.17. The number of benzene rings is 1. The van der Waals surface area contributed by atoms with Crippen molar-refractivity contribution >= 4 is 17.3 Å². The molecule has 0 bridgehead atoms. The summed E-state index contributed by atoms with van der Waals surface area (Å²) in [5.41, 5.74) is 0.928. The van der Waals surface area contributed by atoms with Crippen molar-refractivity contribution in [1.82, 2.24) is 0 Å². The number of ether oxygens (including phenoxy) is 2. The van der Waals surface area contributed by atoms with Gasteiger partial charge in [-0.2, -0.15) is 0 Å². The zero-order valence-electron chi connectivity index (χ0n) is 10.4. The fourth-order valence-electron chi connectivity index (χ4n) is 1.93. The first-order chi connectivity index (χ1) is 8.15. The van der Waals surface area contributed by atoms with E-state index in [9.17, 15) is 0 Å². The fourth-order valence-corrected chi connectivity index (χ4v) is 2.17. The summed E-state index contributed by atoms with van der Waals surface area (Å²) in [6.07, 6.45) is 2.61. The Morgan fingerprint density at radius 1 is 1.24 bits per heavy atom. The van der Waals surface area contributed by atoms with Crippen LogP contribution in [0.5, 0.6) is 11.5 Å². The number of methoxy groups -OCH3 is 2. The van der Waals surface area contributed by atoms with E-state index in [0.29, 0.717) is 16.8 Å². The van der Waals surface area contributed by atoms with Crippen LogP contribution in [0.1, 0.15) is 19.8 Å². The van der Waals surface area contributed by atoms with Crippen molar-refractivity contribution in [2.45, 2.75) is 25.8 Å². The minimum Gasteiger partial charge on any atom is -0.495 e. The molecule has 0 amide bonds. The molecule has 1 N–H and O–H groups in total. The molecule has 94 valence electrons. The summed E-state index contributed by atoms with van der Waals surface area (Å²) >= 11 is 6.12. The average Bonchev–Trinajstić information content (AvgIpc) is 3.13. The summed E-state index contributed by atoms with van der Waals surface area (Å²) in [6, 6.07) is 4.12. The molecule has 4 heteroatoms. The maximum absolute atomic E-state index is 6.12. The number of hydrogen-bond acceptors (Lipinski definition) is 3. The van der Waals surface area contributed by atoms with Gasteiger partial charge < -0.3 is 14.8 Å². The third-order valence-corrected chi connectivity index (χ3v) is 3.48. The van der Waals surface area contributed by atoms with Crippen LogP contribution in [-0.2, 0) is 0 Å². The highest BCUT2D eigenvalue weighted by atomic mass is 35.5. The summed E-state index contributed by atoms with van der Waals surface area (Å²) in [4.78, 5) is 0. The Hall–Kier alpha value is -1.09. The fraction of sp³-hybridized carbons (Fsp3) is 0.538. The van der Waals surface area contributed by atoms with Crippen LogP contribution in [0.4, 0.5) is 5.69 Å². The van der Waals surface area contributed by atoms with Crippen LogP contribution in [0.3, 0.4) is 0 Å². The van der Waals surface area contributed by atoms with Gasteiger partial charge in [0.15, 0.2) is 0 Å². The van der Waals surface area contributed by atoms with Crippen LogP contribution >= 0.6 is 11.6 Å². The van der Waals surface area contributed by atoms with Crippen molar-refractivity contribution in [3.8, 4) is 11.5 Å².